The molecule has 0 saturated carbocycles. The van der Waals surface area contributed by atoms with Gasteiger partial charge in [0.25, 0.3) is 5.56 Å². The molecule has 0 saturated heterocycles. The van der Waals surface area contributed by atoms with Gasteiger partial charge in [-0.1, -0.05) is 32.5 Å². The molecule has 0 aliphatic carbocycles. The molecule has 0 aliphatic heterocycles. The highest BCUT2D eigenvalue weighted by molar-refractivity contribution is 7.99. The van der Waals surface area contributed by atoms with Crippen molar-refractivity contribution >= 4 is 20.1 Å². The first kappa shape index (κ1) is 17.8. The average molecular weight is 355 g/mol. The third-order valence-corrected chi connectivity index (χ3v) is 9.48. The third kappa shape index (κ3) is 4.49. The van der Waals surface area contributed by atoms with E-state index >= 15 is 0 Å². The summed E-state index contributed by atoms with van der Waals surface area (Å²) in [5, 5.41) is 0.139. The Kier molecular flexibility index (Phi) is 5.07. The number of nitrogens with one attached hydrogen (secondary N) is 2. The summed E-state index contributed by atoms with van der Waals surface area (Å²) in [7, 11) is -1.83. The summed E-state index contributed by atoms with van der Waals surface area (Å²) in [5.41, 5.74) is -0.936. The zero-order valence-corrected chi connectivity index (χ0v) is 15.8. The Labute approximate surface area is 139 Å². The van der Waals surface area contributed by atoms with Gasteiger partial charge in [-0.15, -0.1) is 0 Å². The molecule has 0 aliphatic rings. The maximum atomic E-state index is 11.7. The molecule has 2 heterocycles. The zero-order valence-electron chi connectivity index (χ0n) is 14.0. The minimum Gasteiger partial charge on any atom is -0.466 e. The summed E-state index contributed by atoms with van der Waals surface area (Å²) < 4.78 is 11.6. The predicted molar refractivity (Wildman–Crippen MR) is 92.5 cm³/mol. The van der Waals surface area contributed by atoms with E-state index in [9.17, 15) is 9.59 Å². The second-order valence-electron chi connectivity index (χ2n) is 6.84. The highest BCUT2D eigenvalue weighted by Gasteiger charge is 2.37. The molecule has 0 unspecified atom stereocenters. The van der Waals surface area contributed by atoms with E-state index in [2.05, 4.69) is 43.8 Å². The quantitative estimate of drug-likeness (QED) is 0.804. The van der Waals surface area contributed by atoms with Gasteiger partial charge in [0.1, 0.15) is 12.0 Å². The van der Waals surface area contributed by atoms with Gasteiger partial charge >= 0.3 is 5.69 Å². The molecule has 0 aromatic carbocycles. The number of hydrogen-bond donors (Lipinski definition) is 2. The molecule has 2 rings (SSSR count). The number of furan rings is 1. The summed E-state index contributed by atoms with van der Waals surface area (Å²) in [5.74, 6) is 0.721. The van der Waals surface area contributed by atoms with E-state index in [1.807, 2.05) is 6.07 Å². The van der Waals surface area contributed by atoms with Crippen LogP contribution in [0.5, 0.6) is 0 Å². The highest BCUT2D eigenvalue weighted by atomic mass is 32.2. The normalized spacial score (nSPS) is 12.6. The van der Waals surface area contributed by atoms with Gasteiger partial charge in [0.2, 0.25) is 0 Å². The van der Waals surface area contributed by atoms with Crippen molar-refractivity contribution in [2.75, 3.05) is 0 Å². The van der Waals surface area contributed by atoms with Crippen LogP contribution < -0.4 is 11.2 Å². The number of aromatic amines is 2. The van der Waals surface area contributed by atoms with Crippen molar-refractivity contribution in [2.24, 2.45) is 0 Å². The average Bonchev–Trinajstić information content (AvgIpc) is 2.86. The Morgan fingerprint density at radius 2 is 2.00 bits per heavy atom. The Bertz CT molecular complexity index is 786. The van der Waals surface area contributed by atoms with Gasteiger partial charge in [-0.3, -0.25) is 9.78 Å². The first-order valence-corrected chi connectivity index (χ1v) is 11.0. The molecule has 0 bridgehead atoms. The van der Waals surface area contributed by atoms with Crippen LogP contribution in [0.2, 0.25) is 18.1 Å². The van der Waals surface area contributed by atoms with Crippen molar-refractivity contribution in [1.29, 1.82) is 0 Å². The monoisotopic (exact) mass is 354 g/mol. The zero-order chi connectivity index (χ0) is 17.3. The van der Waals surface area contributed by atoms with Crippen LogP contribution in [-0.2, 0) is 11.0 Å². The van der Waals surface area contributed by atoms with E-state index in [-0.39, 0.29) is 5.04 Å². The first-order valence-electron chi connectivity index (χ1n) is 7.30. The minimum atomic E-state index is -1.83. The van der Waals surface area contributed by atoms with Crippen LogP contribution in [-0.4, -0.2) is 18.3 Å². The van der Waals surface area contributed by atoms with E-state index in [0.29, 0.717) is 11.5 Å². The minimum absolute atomic E-state index is 0.139. The van der Waals surface area contributed by atoms with Crippen LogP contribution in [0.25, 0.3) is 0 Å². The van der Waals surface area contributed by atoms with Crippen LogP contribution in [0.15, 0.2) is 42.3 Å². The van der Waals surface area contributed by atoms with Crippen LogP contribution in [0.4, 0.5) is 0 Å². The number of rotatable bonds is 5. The molecule has 2 aromatic rings. The maximum absolute atomic E-state index is 11.7. The molecule has 0 radical (unpaired) electrons. The topological polar surface area (TPSA) is 88.1 Å². The van der Waals surface area contributed by atoms with Crippen molar-refractivity contribution in [1.82, 2.24) is 9.97 Å². The van der Waals surface area contributed by atoms with Crippen molar-refractivity contribution in [2.45, 2.75) is 55.3 Å². The van der Waals surface area contributed by atoms with E-state index in [4.69, 9.17) is 8.84 Å². The molecule has 8 heteroatoms. The van der Waals surface area contributed by atoms with Crippen LogP contribution in [0, 0.1) is 0 Å². The van der Waals surface area contributed by atoms with Gasteiger partial charge in [0, 0.05) is 6.20 Å². The molecular formula is C15H22N2O4SSi. The summed E-state index contributed by atoms with van der Waals surface area (Å²) in [6.07, 6.45) is 2.98. The number of hydrogen-bond acceptors (Lipinski definition) is 5. The largest absolute Gasteiger partial charge is 0.466 e. The Hall–Kier alpha value is -1.51. The van der Waals surface area contributed by atoms with Gasteiger partial charge in [0.05, 0.1) is 16.4 Å². The molecule has 0 atom stereocenters. The van der Waals surface area contributed by atoms with Gasteiger partial charge in [-0.05, 0) is 24.2 Å². The van der Waals surface area contributed by atoms with Gasteiger partial charge in [0.15, 0.2) is 8.32 Å². The molecule has 0 spiro atoms. The fourth-order valence-corrected chi connectivity index (χ4v) is 3.30. The lowest BCUT2D eigenvalue weighted by molar-refractivity contribution is 0.246. The van der Waals surface area contributed by atoms with Crippen molar-refractivity contribution < 1.29 is 8.84 Å². The SMILES string of the molecule is CC(C)(C)[Si](C)(C)OCc1cc(Sc2c[nH]c(=O)[nH]c2=O)co1. The van der Waals surface area contributed by atoms with E-state index in [1.54, 1.807) is 6.26 Å². The lowest BCUT2D eigenvalue weighted by atomic mass is 10.2. The number of aromatic nitrogens is 2. The molecule has 0 amide bonds. The Morgan fingerprint density at radius 1 is 1.30 bits per heavy atom. The molecule has 126 valence electrons. The molecule has 2 aromatic heterocycles. The Morgan fingerprint density at radius 3 is 2.61 bits per heavy atom. The first-order chi connectivity index (χ1) is 10.6. The number of H-pyrrole nitrogens is 2. The smallest absolute Gasteiger partial charge is 0.325 e. The second-order valence-corrected chi connectivity index (χ2v) is 12.8. The standard InChI is InChI=1S/C15H22N2O4SSi/c1-15(2,3)23(4,5)21-8-10-6-11(9-20-10)22-12-7-16-14(19)17-13(12)18/h6-7,9H,8H2,1-5H3,(H2,16,17,18,19). The third-order valence-electron chi connectivity index (χ3n) is 4.02. The maximum Gasteiger partial charge on any atom is 0.325 e. The summed E-state index contributed by atoms with van der Waals surface area (Å²) >= 11 is 1.23. The molecular weight excluding hydrogens is 332 g/mol. The van der Waals surface area contributed by atoms with Crippen LogP contribution >= 0.6 is 11.8 Å². The Balaban J connectivity index is 2.04. The fourth-order valence-electron chi connectivity index (χ4n) is 1.56. The fraction of sp³-hybridized carbons (Fsp3) is 0.467. The van der Waals surface area contributed by atoms with Crippen molar-refractivity contribution in [3.8, 4) is 0 Å². The van der Waals surface area contributed by atoms with Crippen LogP contribution in [0.3, 0.4) is 0 Å². The summed E-state index contributed by atoms with van der Waals surface area (Å²) in [4.78, 5) is 28.5. The second kappa shape index (κ2) is 6.54. The van der Waals surface area contributed by atoms with Gasteiger partial charge in [-0.2, -0.15) is 0 Å². The molecule has 6 nitrogen and oxygen atoms in total. The van der Waals surface area contributed by atoms with Gasteiger partial charge < -0.3 is 13.8 Å². The lowest BCUT2D eigenvalue weighted by Gasteiger charge is -2.35. The summed E-state index contributed by atoms with van der Waals surface area (Å²) in [6.45, 7) is 11.3. The molecule has 2 N–H and O–H groups in total. The van der Waals surface area contributed by atoms with Gasteiger partial charge in [-0.25, -0.2) is 4.79 Å². The van der Waals surface area contributed by atoms with E-state index in [1.165, 1.54) is 18.0 Å². The highest BCUT2D eigenvalue weighted by Crippen LogP contribution is 2.37. The predicted octanol–water partition coefficient (Wildman–Crippen LogP) is 3.33. The van der Waals surface area contributed by atoms with E-state index in [0.717, 1.165) is 10.7 Å². The molecule has 23 heavy (non-hydrogen) atoms. The van der Waals surface area contributed by atoms with Crippen molar-refractivity contribution in [3.05, 3.63) is 45.1 Å². The lowest BCUT2D eigenvalue weighted by Crippen LogP contribution is -2.40. The summed E-state index contributed by atoms with van der Waals surface area (Å²) in [6, 6.07) is 1.85. The van der Waals surface area contributed by atoms with Crippen molar-refractivity contribution in [3.63, 3.8) is 0 Å². The molecule has 0 fully saturated rings. The van der Waals surface area contributed by atoms with E-state index < -0.39 is 19.6 Å². The van der Waals surface area contributed by atoms with Crippen LogP contribution in [0.1, 0.15) is 26.5 Å².